The molecule has 0 fully saturated rings. The number of benzene rings is 1. The maximum atomic E-state index is 11.7. The first-order valence-electron chi connectivity index (χ1n) is 7.02. The zero-order valence-electron chi connectivity index (χ0n) is 13.1. The van der Waals surface area contributed by atoms with E-state index >= 15 is 0 Å². The molecule has 1 aromatic rings. The summed E-state index contributed by atoms with van der Waals surface area (Å²) in [6.07, 6.45) is 0.472. The van der Waals surface area contributed by atoms with E-state index in [4.69, 9.17) is 9.47 Å². The van der Waals surface area contributed by atoms with Crippen molar-refractivity contribution in [3.05, 3.63) is 29.8 Å². The van der Waals surface area contributed by atoms with E-state index in [2.05, 4.69) is 0 Å². The first kappa shape index (κ1) is 16.5. The molecule has 1 rings (SSSR count). The van der Waals surface area contributed by atoms with Gasteiger partial charge in [0.15, 0.2) is 0 Å². The summed E-state index contributed by atoms with van der Waals surface area (Å²) in [5, 5.41) is 0. The Hall–Kier alpha value is -1.55. The maximum Gasteiger partial charge on any atom is 0.307 e. The highest BCUT2D eigenvalue weighted by atomic mass is 16.5. The molecule has 0 heterocycles. The molecule has 0 saturated heterocycles. The Morgan fingerprint density at radius 2 is 2.00 bits per heavy atom. The van der Waals surface area contributed by atoms with Gasteiger partial charge in [0.25, 0.3) is 0 Å². The Bertz CT molecular complexity index is 429. The van der Waals surface area contributed by atoms with E-state index in [1.807, 2.05) is 64.0 Å². The third-order valence-electron chi connectivity index (χ3n) is 2.90. The summed E-state index contributed by atoms with van der Waals surface area (Å²) in [4.78, 5) is 13.7. The molecule has 112 valence electrons. The van der Waals surface area contributed by atoms with E-state index in [1.165, 1.54) is 0 Å². The van der Waals surface area contributed by atoms with E-state index in [-0.39, 0.29) is 18.1 Å². The second kappa shape index (κ2) is 7.90. The molecule has 0 N–H and O–H groups in total. The Labute approximate surface area is 121 Å². The Morgan fingerprint density at radius 3 is 2.55 bits per heavy atom. The number of hydrogen-bond acceptors (Lipinski definition) is 4. The lowest BCUT2D eigenvalue weighted by Crippen LogP contribution is -2.24. The monoisotopic (exact) mass is 279 g/mol. The van der Waals surface area contributed by atoms with E-state index in [9.17, 15) is 4.79 Å². The molecule has 4 nitrogen and oxygen atoms in total. The van der Waals surface area contributed by atoms with Crippen molar-refractivity contribution in [1.82, 2.24) is 4.90 Å². The average Bonchev–Trinajstić information content (AvgIpc) is 2.35. The van der Waals surface area contributed by atoms with Crippen molar-refractivity contribution < 1.29 is 14.3 Å². The second-order valence-corrected chi connectivity index (χ2v) is 5.23. The van der Waals surface area contributed by atoms with Crippen molar-refractivity contribution in [2.45, 2.75) is 39.3 Å². The summed E-state index contributed by atoms with van der Waals surface area (Å²) in [5.41, 5.74) is 1.06. The molecular weight excluding hydrogens is 254 g/mol. The molecule has 0 saturated carbocycles. The van der Waals surface area contributed by atoms with Crippen molar-refractivity contribution in [2.24, 2.45) is 0 Å². The summed E-state index contributed by atoms with van der Waals surface area (Å²) in [5.74, 6) is 0.648. The molecule has 0 aliphatic heterocycles. The molecule has 0 aromatic heterocycles. The van der Waals surface area contributed by atoms with Gasteiger partial charge in [0.2, 0.25) is 0 Å². The number of carbonyl (C=O) groups excluding carboxylic acids is 1. The Morgan fingerprint density at radius 1 is 1.30 bits per heavy atom. The minimum absolute atomic E-state index is 0.00948. The highest BCUT2D eigenvalue weighted by molar-refractivity contribution is 5.70. The van der Waals surface area contributed by atoms with Crippen LogP contribution < -0.4 is 4.74 Å². The quantitative estimate of drug-likeness (QED) is 0.719. The van der Waals surface area contributed by atoms with Gasteiger partial charge in [-0.05, 0) is 52.6 Å². The van der Waals surface area contributed by atoms with Gasteiger partial charge in [-0.15, -0.1) is 0 Å². The lowest BCUT2D eigenvalue weighted by Gasteiger charge is -2.24. The fraction of sp³-hybridized carbons (Fsp3) is 0.562. The Balaban J connectivity index is 2.88. The van der Waals surface area contributed by atoms with Crippen molar-refractivity contribution in [3.8, 4) is 5.75 Å². The molecular formula is C16H25NO3. The third kappa shape index (κ3) is 5.21. The zero-order valence-corrected chi connectivity index (χ0v) is 13.1. The smallest absolute Gasteiger partial charge is 0.307 e. The first-order chi connectivity index (χ1) is 9.43. The molecule has 1 unspecified atom stereocenters. The van der Waals surface area contributed by atoms with E-state index in [1.54, 1.807) is 0 Å². The van der Waals surface area contributed by atoms with Crippen LogP contribution in [-0.2, 0) is 9.53 Å². The number of hydrogen-bond donors (Lipinski definition) is 0. The van der Waals surface area contributed by atoms with Gasteiger partial charge in [0.1, 0.15) is 5.75 Å². The van der Waals surface area contributed by atoms with Crippen LogP contribution in [0.2, 0.25) is 0 Å². The highest BCUT2D eigenvalue weighted by Gasteiger charge is 2.19. The Kier molecular flexibility index (Phi) is 6.52. The van der Waals surface area contributed by atoms with E-state index in [0.717, 1.165) is 11.3 Å². The number of esters is 1. The molecule has 1 aromatic carbocycles. The van der Waals surface area contributed by atoms with Gasteiger partial charge in [-0.3, -0.25) is 4.79 Å². The standard InChI is InChI=1S/C16H25NO3/c1-6-19-16(18)11-15(17(4)5)13-8-7-9-14(10-13)20-12(2)3/h7-10,12,15H,6,11H2,1-5H3. The molecule has 0 bridgehead atoms. The minimum atomic E-state index is -0.179. The molecule has 0 aliphatic carbocycles. The van der Waals surface area contributed by atoms with Crippen LogP contribution in [0.1, 0.15) is 38.8 Å². The fourth-order valence-corrected chi connectivity index (χ4v) is 2.04. The number of carbonyl (C=O) groups is 1. The molecule has 0 radical (unpaired) electrons. The predicted molar refractivity (Wildman–Crippen MR) is 79.9 cm³/mol. The highest BCUT2D eigenvalue weighted by Crippen LogP contribution is 2.26. The van der Waals surface area contributed by atoms with Crippen molar-refractivity contribution in [1.29, 1.82) is 0 Å². The molecule has 0 aliphatic rings. The third-order valence-corrected chi connectivity index (χ3v) is 2.90. The molecule has 4 heteroatoms. The summed E-state index contributed by atoms with van der Waals surface area (Å²) < 4.78 is 10.7. The van der Waals surface area contributed by atoms with Crippen LogP contribution in [0.15, 0.2) is 24.3 Å². The lowest BCUT2D eigenvalue weighted by atomic mass is 10.0. The van der Waals surface area contributed by atoms with E-state index < -0.39 is 0 Å². The lowest BCUT2D eigenvalue weighted by molar-refractivity contribution is -0.144. The summed E-state index contributed by atoms with van der Waals surface area (Å²) in [6, 6.07) is 7.88. The van der Waals surface area contributed by atoms with Gasteiger partial charge >= 0.3 is 5.97 Å². The SMILES string of the molecule is CCOC(=O)CC(c1cccc(OC(C)C)c1)N(C)C. The van der Waals surface area contributed by atoms with Gasteiger partial charge in [-0.25, -0.2) is 0 Å². The number of rotatable bonds is 7. The largest absolute Gasteiger partial charge is 0.491 e. The maximum absolute atomic E-state index is 11.7. The van der Waals surface area contributed by atoms with Gasteiger partial charge in [0, 0.05) is 6.04 Å². The molecule has 0 amide bonds. The van der Waals surface area contributed by atoms with Gasteiger partial charge in [-0.2, -0.15) is 0 Å². The number of nitrogens with zero attached hydrogens (tertiary/aromatic N) is 1. The van der Waals surface area contributed by atoms with E-state index in [0.29, 0.717) is 13.0 Å². The molecule has 0 spiro atoms. The van der Waals surface area contributed by atoms with Crippen LogP contribution in [0.5, 0.6) is 5.75 Å². The number of ether oxygens (including phenoxy) is 2. The van der Waals surface area contributed by atoms with Crippen LogP contribution >= 0.6 is 0 Å². The average molecular weight is 279 g/mol. The van der Waals surface area contributed by atoms with Gasteiger partial charge < -0.3 is 14.4 Å². The van der Waals surface area contributed by atoms with Crippen molar-refractivity contribution in [2.75, 3.05) is 20.7 Å². The fourth-order valence-electron chi connectivity index (χ4n) is 2.04. The van der Waals surface area contributed by atoms with Crippen LogP contribution in [0.4, 0.5) is 0 Å². The van der Waals surface area contributed by atoms with Gasteiger partial charge in [-0.1, -0.05) is 12.1 Å². The molecule has 20 heavy (non-hydrogen) atoms. The summed E-state index contributed by atoms with van der Waals surface area (Å²) >= 11 is 0. The summed E-state index contributed by atoms with van der Waals surface area (Å²) in [7, 11) is 3.92. The van der Waals surface area contributed by atoms with Crippen molar-refractivity contribution >= 4 is 5.97 Å². The normalized spacial score (nSPS) is 12.6. The minimum Gasteiger partial charge on any atom is -0.491 e. The summed E-state index contributed by atoms with van der Waals surface area (Å²) in [6.45, 7) is 6.22. The molecule has 1 atom stereocenters. The first-order valence-corrected chi connectivity index (χ1v) is 7.02. The van der Waals surface area contributed by atoms with Crippen LogP contribution in [0.3, 0.4) is 0 Å². The van der Waals surface area contributed by atoms with Crippen LogP contribution in [0, 0.1) is 0 Å². The van der Waals surface area contributed by atoms with Crippen molar-refractivity contribution in [3.63, 3.8) is 0 Å². The van der Waals surface area contributed by atoms with Gasteiger partial charge in [0.05, 0.1) is 19.1 Å². The predicted octanol–water partition coefficient (Wildman–Crippen LogP) is 3.03. The second-order valence-electron chi connectivity index (χ2n) is 5.23. The zero-order chi connectivity index (χ0) is 15.1. The van der Waals surface area contributed by atoms with Crippen LogP contribution in [0.25, 0.3) is 0 Å². The topological polar surface area (TPSA) is 38.8 Å². The van der Waals surface area contributed by atoms with Crippen LogP contribution in [-0.4, -0.2) is 37.7 Å².